The molecule has 1 atom stereocenters. The molecule has 1 unspecified atom stereocenters. The van der Waals surface area contributed by atoms with Gasteiger partial charge >= 0.3 is 0 Å². The number of rotatable bonds is 4. The number of aromatic nitrogens is 2. The number of ether oxygens (including phenoxy) is 1. The standard InChI is InChI=1S/C26H25FN4O.CH4O3S/c1-16-15-19(27)11-12-22(16)28-26-29-24-21(9-6-10-23(24)32-3)25(30-26)31-14-13-18-7-4-5-8-20(18)17(31)2;1-5(2,3)4/h4-12,15,17H,13-14H2,1-3H3,(H,28,29,30);1H3,(H,2,3,4). The van der Waals surface area contributed by atoms with E-state index < -0.39 is 10.1 Å². The Morgan fingerprint density at radius 1 is 1.11 bits per heavy atom. The van der Waals surface area contributed by atoms with Gasteiger partial charge in [0, 0.05) is 17.6 Å². The molecule has 5 rings (SSSR count). The van der Waals surface area contributed by atoms with Gasteiger partial charge in [-0.3, -0.25) is 4.55 Å². The number of fused-ring (bicyclic) bond motifs is 2. The molecule has 0 radical (unpaired) electrons. The first kappa shape index (κ1) is 26.3. The zero-order valence-electron chi connectivity index (χ0n) is 21.1. The van der Waals surface area contributed by atoms with E-state index >= 15 is 0 Å². The van der Waals surface area contributed by atoms with Gasteiger partial charge in [0.1, 0.15) is 22.9 Å². The largest absolute Gasteiger partial charge is 0.494 e. The van der Waals surface area contributed by atoms with Gasteiger partial charge in [0.05, 0.1) is 19.4 Å². The lowest BCUT2D eigenvalue weighted by Crippen LogP contribution is -2.34. The van der Waals surface area contributed by atoms with Gasteiger partial charge in [-0.1, -0.05) is 30.3 Å². The van der Waals surface area contributed by atoms with Gasteiger partial charge in [0.15, 0.2) is 0 Å². The maximum absolute atomic E-state index is 13.6. The van der Waals surface area contributed by atoms with Crippen molar-refractivity contribution >= 4 is 38.5 Å². The van der Waals surface area contributed by atoms with Crippen LogP contribution in [-0.2, 0) is 16.5 Å². The molecular formula is C27H29FN4O4S. The fourth-order valence-electron chi connectivity index (χ4n) is 4.50. The number of halogens is 1. The lowest BCUT2D eigenvalue weighted by molar-refractivity contribution is 0.419. The first-order chi connectivity index (χ1) is 17.5. The Morgan fingerprint density at radius 3 is 2.54 bits per heavy atom. The summed E-state index contributed by atoms with van der Waals surface area (Å²) < 4.78 is 45.1. The molecule has 0 bridgehead atoms. The van der Waals surface area contributed by atoms with E-state index in [-0.39, 0.29) is 11.9 Å². The number of para-hydroxylation sites is 1. The van der Waals surface area contributed by atoms with Crippen LogP contribution in [0.15, 0.2) is 60.7 Å². The molecule has 2 heterocycles. The van der Waals surface area contributed by atoms with E-state index in [9.17, 15) is 12.8 Å². The monoisotopic (exact) mass is 524 g/mol. The van der Waals surface area contributed by atoms with Gasteiger partial charge in [0.2, 0.25) is 5.95 Å². The lowest BCUT2D eigenvalue weighted by Gasteiger charge is -2.37. The van der Waals surface area contributed by atoms with Crippen molar-refractivity contribution in [3.05, 3.63) is 83.2 Å². The minimum atomic E-state index is -3.67. The van der Waals surface area contributed by atoms with E-state index in [4.69, 9.17) is 19.3 Å². The smallest absolute Gasteiger partial charge is 0.261 e. The number of anilines is 3. The van der Waals surface area contributed by atoms with E-state index in [0.29, 0.717) is 18.0 Å². The minimum absolute atomic E-state index is 0.171. The molecule has 4 aromatic rings. The van der Waals surface area contributed by atoms with Gasteiger partial charge in [-0.25, -0.2) is 9.37 Å². The number of aryl methyl sites for hydroxylation is 1. The summed E-state index contributed by atoms with van der Waals surface area (Å²) in [5, 5.41) is 4.23. The van der Waals surface area contributed by atoms with Gasteiger partial charge in [-0.05, 0) is 67.3 Å². The molecule has 194 valence electrons. The quantitative estimate of drug-likeness (QED) is 0.339. The van der Waals surface area contributed by atoms with Crippen LogP contribution in [0.5, 0.6) is 5.75 Å². The highest BCUT2D eigenvalue weighted by Gasteiger charge is 2.27. The summed E-state index contributed by atoms with van der Waals surface area (Å²) in [5.41, 5.74) is 5.00. The average molecular weight is 525 g/mol. The molecule has 2 N–H and O–H groups in total. The van der Waals surface area contributed by atoms with Crippen molar-refractivity contribution in [2.45, 2.75) is 26.3 Å². The summed E-state index contributed by atoms with van der Waals surface area (Å²) in [5.74, 6) is 1.74. The Hall–Kier alpha value is -3.76. The van der Waals surface area contributed by atoms with Crippen molar-refractivity contribution in [1.29, 1.82) is 0 Å². The summed E-state index contributed by atoms with van der Waals surface area (Å²) in [6, 6.07) is 19.3. The van der Waals surface area contributed by atoms with Crippen LogP contribution in [0.25, 0.3) is 10.9 Å². The number of benzene rings is 3. The SMILES string of the molecule is COc1cccc2c(N3CCc4ccccc4C3C)nc(Nc3ccc(F)cc3C)nc12.CS(=O)(=O)O. The van der Waals surface area contributed by atoms with Crippen LogP contribution in [0.1, 0.15) is 29.7 Å². The maximum Gasteiger partial charge on any atom is 0.261 e. The van der Waals surface area contributed by atoms with E-state index in [1.165, 1.54) is 23.3 Å². The highest BCUT2D eigenvalue weighted by molar-refractivity contribution is 7.85. The van der Waals surface area contributed by atoms with E-state index in [2.05, 4.69) is 41.4 Å². The normalized spacial score (nSPS) is 15.0. The molecule has 0 saturated carbocycles. The molecule has 1 aliphatic heterocycles. The van der Waals surface area contributed by atoms with Gasteiger partial charge < -0.3 is 15.0 Å². The third-order valence-electron chi connectivity index (χ3n) is 6.19. The second-order valence-electron chi connectivity index (χ2n) is 8.86. The summed E-state index contributed by atoms with van der Waals surface area (Å²) in [6.45, 7) is 4.93. The number of methoxy groups -OCH3 is 1. The molecule has 37 heavy (non-hydrogen) atoms. The molecule has 0 aliphatic carbocycles. The second kappa shape index (κ2) is 10.7. The molecular weight excluding hydrogens is 495 g/mol. The van der Waals surface area contributed by atoms with Crippen LogP contribution in [0.3, 0.4) is 0 Å². The Bertz CT molecular complexity index is 1540. The summed E-state index contributed by atoms with van der Waals surface area (Å²) in [4.78, 5) is 12.0. The molecule has 0 saturated heterocycles. The van der Waals surface area contributed by atoms with Crippen LogP contribution in [0.4, 0.5) is 21.8 Å². The predicted octanol–water partition coefficient (Wildman–Crippen LogP) is 5.46. The van der Waals surface area contributed by atoms with E-state index in [1.54, 1.807) is 13.2 Å². The maximum atomic E-state index is 13.6. The highest BCUT2D eigenvalue weighted by Crippen LogP contribution is 2.38. The average Bonchev–Trinajstić information content (AvgIpc) is 2.84. The van der Waals surface area contributed by atoms with Gasteiger partial charge in [-0.2, -0.15) is 13.4 Å². The van der Waals surface area contributed by atoms with Crippen LogP contribution in [0.2, 0.25) is 0 Å². The zero-order chi connectivity index (χ0) is 26.7. The number of hydrogen-bond acceptors (Lipinski definition) is 7. The summed E-state index contributed by atoms with van der Waals surface area (Å²) in [6.07, 6.45) is 1.67. The molecule has 8 nitrogen and oxygen atoms in total. The van der Waals surface area contributed by atoms with Crippen molar-refractivity contribution in [3.8, 4) is 5.75 Å². The summed E-state index contributed by atoms with van der Waals surface area (Å²) in [7, 11) is -2.02. The summed E-state index contributed by atoms with van der Waals surface area (Å²) >= 11 is 0. The fraction of sp³-hybridized carbons (Fsp3) is 0.259. The van der Waals surface area contributed by atoms with E-state index in [1.807, 2.05) is 25.1 Å². The molecule has 0 amide bonds. The van der Waals surface area contributed by atoms with Crippen LogP contribution in [-0.4, -0.2) is 42.8 Å². The van der Waals surface area contributed by atoms with Gasteiger partial charge in [-0.15, -0.1) is 0 Å². The fourth-order valence-corrected chi connectivity index (χ4v) is 4.50. The zero-order valence-corrected chi connectivity index (χ0v) is 21.9. The van der Waals surface area contributed by atoms with Crippen molar-refractivity contribution in [3.63, 3.8) is 0 Å². The number of nitrogens with zero attached hydrogens (tertiary/aromatic N) is 3. The first-order valence-electron chi connectivity index (χ1n) is 11.7. The molecule has 3 aromatic carbocycles. The molecule has 10 heteroatoms. The molecule has 1 aromatic heterocycles. The Labute approximate surface area is 215 Å². The third kappa shape index (κ3) is 6.15. The van der Waals surface area contributed by atoms with Crippen molar-refractivity contribution < 1.29 is 22.1 Å². The molecule has 0 spiro atoms. The molecule has 1 aliphatic rings. The van der Waals surface area contributed by atoms with Crippen LogP contribution < -0.4 is 15.0 Å². The van der Waals surface area contributed by atoms with Gasteiger partial charge in [0.25, 0.3) is 10.1 Å². The number of hydrogen-bond donors (Lipinski definition) is 2. The minimum Gasteiger partial charge on any atom is -0.494 e. The predicted molar refractivity (Wildman–Crippen MR) is 144 cm³/mol. The van der Waals surface area contributed by atoms with Crippen LogP contribution in [0, 0.1) is 12.7 Å². The highest BCUT2D eigenvalue weighted by atomic mass is 32.2. The lowest BCUT2D eigenvalue weighted by atomic mass is 9.93. The van der Waals surface area contributed by atoms with E-state index in [0.717, 1.165) is 40.9 Å². The third-order valence-corrected chi connectivity index (χ3v) is 6.19. The van der Waals surface area contributed by atoms with Crippen molar-refractivity contribution in [2.75, 3.05) is 30.1 Å². The molecule has 0 fully saturated rings. The van der Waals surface area contributed by atoms with Crippen molar-refractivity contribution in [1.82, 2.24) is 9.97 Å². The Balaban J connectivity index is 0.000000586. The van der Waals surface area contributed by atoms with Crippen LogP contribution >= 0.6 is 0 Å². The Kier molecular flexibility index (Phi) is 7.60. The first-order valence-corrected chi connectivity index (χ1v) is 13.5. The second-order valence-corrected chi connectivity index (χ2v) is 10.3. The topological polar surface area (TPSA) is 105 Å². The Morgan fingerprint density at radius 2 is 1.84 bits per heavy atom. The number of nitrogens with one attached hydrogen (secondary N) is 1. The van der Waals surface area contributed by atoms with Crippen molar-refractivity contribution in [2.24, 2.45) is 0 Å².